The maximum atomic E-state index is 12.3. The Bertz CT molecular complexity index is 919. The van der Waals surface area contributed by atoms with Crippen LogP contribution in [0, 0.1) is 6.92 Å². The fourth-order valence-electron chi connectivity index (χ4n) is 2.32. The summed E-state index contributed by atoms with van der Waals surface area (Å²) in [4.78, 5) is 32.7. The minimum absolute atomic E-state index is 0.307. The van der Waals surface area contributed by atoms with Crippen molar-refractivity contribution in [3.05, 3.63) is 54.0 Å². The standard InChI is InChI=1S/C18H17N3O4/c1-3-14(17(22)21-16-8-11(2)6-7-19-16)25-18(23)12-4-5-15-13(9-12)20-10-24-15/h4-10,14H,3H2,1-2H3,(H,19,21,22). The summed E-state index contributed by atoms with van der Waals surface area (Å²) >= 11 is 0. The van der Waals surface area contributed by atoms with Crippen LogP contribution in [-0.4, -0.2) is 27.9 Å². The van der Waals surface area contributed by atoms with E-state index in [1.54, 1.807) is 37.4 Å². The quantitative estimate of drug-likeness (QED) is 0.718. The van der Waals surface area contributed by atoms with E-state index in [0.29, 0.717) is 28.9 Å². The molecule has 3 aromatic rings. The number of nitrogens with zero attached hydrogens (tertiary/aromatic N) is 2. The van der Waals surface area contributed by atoms with Crippen molar-refractivity contribution in [2.45, 2.75) is 26.4 Å². The van der Waals surface area contributed by atoms with Crippen LogP contribution in [-0.2, 0) is 9.53 Å². The smallest absolute Gasteiger partial charge is 0.338 e. The van der Waals surface area contributed by atoms with Crippen LogP contribution >= 0.6 is 0 Å². The van der Waals surface area contributed by atoms with Crippen molar-refractivity contribution >= 4 is 28.8 Å². The van der Waals surface area contributed by atoms with E-state index >= 15 is 0 Å². The molecule has 0 saturated heterocycles. The third-order valence-electron chi connectivity index (χ3n) is 3.65. The van der Waals surface area contributed by atoms with Gasteiger partial charge in [0.1, 0.15) is 11.3 Å². The van der Waals surface area contributed by atoms with Crippen LogP contribution in [0.3, 0.4) is 0 Å². The molecule has 1 N–H and O–H groups in total. The van der Waals surface area contributed by atoms with Crippen LogP contribution in [0.25, 0.3) is 11.1 Å². The molecule has 0 aliphatic carbocycles. The normalized spacial score (nSPS) is 11.9. The van der Waals surface area contributed by atoms with Crippen molar-refractivity contribution in [1.82, 2.24) is 9.97 Å². The minimum atomic E-state index is -0.914. The molecule has 128 valence electrons. The molecule has 7 nitrogen and oxygen atoms in total. The Hall–Kier alpha value is -3.22. The van der Waals surface area contributed by atoms with Crippen LogP contribution in [0.5, 0.6) is 0 Å². The summed E-state index contributed by atoms with van der Waals surface area (Å²) in [6.45, 7) is 3.66. The first-order chi connectivity index (χ1) is 12.1. The molecule has 1 unspecified atom stereocenters. The van der Waals surface area contributed by atoms with Gasteiger partial charge >= 0.3 is 5.97 Å². The van der Waals surface area contributed by atoms with Gasteiger partial charge in [-0.15, -0.1) is 0 Å². The molecule has 3 rings (SSSR count). The molecule has 1 aromatic carbocycles. The molecule has 7 heteroatoms. The molecule has 0 saturated carbocycles. The average Bonchev–Trinajstić information content (AvgIpc) is 3.07. The summed E-state index contributed by atoms with van der Waals surface area (Å²) in [7, 11) is 0. The molecule has 2 heterocycles. The van der Waals surface area contributed by atoms with Crippen molar-refractivity contribution in [1.29, 1.82) is 0 Å². The van der Waals surface area contributed by atoms with E-state index in [4.69, 9.17) is 9.15 Å². The highest BCUT2D eigenvalue weighted by Crippen LogP contribution is 2.16. The van der Waals surface area contributed by atoms with Gasteiger partial charge in [0, 0.05) is 6.20 Å². The monoisotopic (exact) mass is 339 g/mol. The second-order valence-electron chi connectivity index (χ2n) is 5.54. The number of aryl methyl sites for hydroxylation is 1. The van der Waals surface area contributed by atoms with Gasteiger partial charge in [0.05, 0.1) is 5.56 Å². The van der Waals surface area contributed by atoms with Gasteiger partial charge in [-0.05, 0) is 49.2 Å². The van der Waals surface area contributed by atoms with Gasteiger partial charge in [-0.2, -0.15) is 0 Å². The van der Waals surface area contributed by atoms with E-state index in [1.807, 2.05) is 13.0 Å². The number of aromatic nitrogens is 2. The molecular weight excluding hydrogens is 322 g/mol. The van der Waals surface area contributed by atoms with Crippen LogP contribution in [0.1, 0.15) is 29.3 Å². The molecule has 0 radical (unpaired) electrons. The Balaban J connectivity index is 1.69. The van der Waals surface area contributed by atoms with Crippen molar-refractivity contribution < 1.29 is 18.7 Å². The number of ether oxygens (including phenoxy) is 1. The Kier molecular flexibility index (Phi) is 4.74. The number of carbonyl (C=O) groups excluding carboxylic acids is 2. The van der Waals surface area contributed by atoms with E-state index in [1.165, 1.54) is 6.39 Å². The number of nitrogens with one attached hydrogen (secondary N) is 1. The number of fused-ring (bicyclic) bond motifs is 1. The average molecular weight is 339 g/mol. The summed E-state index contributed by atoms with van der Waals surface area (Å²) < 4.78 is 10.5. The fourth-order valence-corrected chi connectivity index (χ4v) is 2.32. The summed E-state index contributed by atoms with van der Waals surface area (Å²) in [5.41, 5.74) is 2.40. The second kappa shape index (κ2) is 7.12. The molecule has 0 aliphatic rings. The number of hydrogen-bond acceptors (Lipinski definition) is 6. The topological polar surface area (TPSA) is 94.3 Å². The third-order valence-corrected chi connectivity index (χ3v) is 3.65. The van der Waals surface area contributed by atoms with Crippen LogP contribution in [0.4, 0.5) is 5.82 Å². The number of amides is 1. The van der Waals surface area contributed by atoms with E-state index in [-0.39, 0.29) is 0 Å². The van der Waals surface area contributed by atoms with Crippen LogP contribution < -0.4 is 5.32 Å². The number of benzene rings is 1. The zero-order valence-electron chi connectivity index (χ0n) is 13.9. The lowest BCUT2D eigenvalue weighted by atomic mass is 10.2. The van der Waals surface area contributed by atoms with E-state index in [0.717, 1.165) is 5.56 Å². The molecule has 0 spiro atoms. The summed E-state index contributed by atoms with van der Waals surface area (Å²) in [5.74, 6) is -0.593. The van der Waals surface area contributed by atoms with E-state index in [2.05, 4.69) is 15.3 Å². The zero-order chi connectivity index (χ0) is 17.8. The number of pyridine rings is 1. The van der Waals surface area contributed by atoms with Crippen LogP contribution in [0.15, 0.2) is 47.3 Å². The predicted molar refractivity (Wildman–Crippen MR) is 91.1 cm³/mol. The molecule has 1 amide bonds. The summed E-state index contributed by atoms with van der Waals surface area (Å²) in [6, 6.07) is 8.34. The first-order valence-corrected chi connectivity index (χ1v) is 7.84. The lowest BCUT2D eigenvalue weighted by Gasteiger charge is -2.16. The third kappa shape index (κ3) is 3.82. The highest BCUT2D eigenvalue weighted by atomic mass is 16.5. The van der Waals surface area contributed by atoms with E-state index < -0.39 is 18.0 Å². The maximum absolute atomic E-state index is 12.3. The Morgan fingerprint density at radius 3 is 2.84 bits per heavy atom. The largest absolute Gasteiger partial charge is 0.449 e. The summed E-state index contributed by atoms with van der Waals surface area (Å²) in [6.07, 6.45) is 2.33. The molecule has 0 aliphatic heterocycles. The molecule has 25 heavy (non-hydrogen) atoms. The van der Waals surface area contributed by atoms with Crippen LogP contribution in [0.2, 0.25) is 0 Å². The van der Waals surface area contributed by atoms with Gasteiger partial charge in [-0.3, -0.25) is 4.79 Å². The number of anilines is 1. The van der Waals surface area contributed by atoms with E-state index in [9.17, 15) is 9.59 Å². The number of rotatable bonds is 5. The lowest BCUT2D eigenvalue weighted by molar-refractivity contribution is -0.124. The summed E-state index contributed by atoms with van der Waals surface area (Å²) in [5, 5.41) is 2.66. The predicted octanol–water partition coefficient (Wildman–Crippen LogP) is 3.11. The molecule has 0 fully saturated rings. The van der Waals surface area contributed by atoms with Crippen molar-refractivity contribution in [3.8, 4) is 0 Å². The molecule has 2 aromatic heterocycles. The fraction of sp³-hybridized carbons (Fsp3) is 0.222. The Morgan fingerprint density at radius 2 is 2.08 bits per heavy atom. The Morgan fingerprint density at radius 1 is 1.24 bits per heavy atom. The van der Waals surface area contributed by atoms with Gasteiger partial charge in [-0.1, -0.05) is 6.92 Å². The first kappa shape index (κ1) is 16.6. The second-order valence-corrected chi connectivity index (χ2v) is 5.54. The van der Waals surface area contributed by atoms with Crippen molar-refractivity contribution in [2.75, 3.05) is 5.32 Å². The van der Waals surface area contributed by atoms with Crippen molar-refractivity contribution in [3.63, 3.8) is 0 Å². The van der Waals surface area contributed by atoms with Crippen molar-refractivity contribution in [2.24, 2.45) is 0 Å². The van der Waals surface area contributed by atoms with Gasteiger partial charge < -0.3 is 14.5 Å². The number of oxazole rings is 1. The highest BCUT2D eigenvalue weighted by molar-refractivity contribution is 5.98. The molecule has 0 bridgehead atoms. The zero-order valence-corrected chi connectivity index (χ0v) is 13.9. The first-order valence-electron chi connectivity index (χ1n) is 7.84. The lowest BCUT2D eigenvalue weighted by Crippen LogP contribution is -2.32. The van der Waals surface area contributed by atoms with Gasteiger partial charge in [0.15, 0.2) is 18.1 Å². The van der Waals surface area contributed by atoms with Gasteiger partial charge in [0.25, 0.3) is 5.91 Å². The maximum Gasteiger partial charge on any atom is 0.338 e. The molecule has 1 atom stereocenters. The van der Waals surface area contributed by atoms with Gasteiger partial charge in [-0.25, -0.2) is 14.8 Å². The number of esters is 1. The minimum Gasteiger partial charge on any atom is -0.449 e. The number of carbonyl (C=O) groups is 2. The SMILES string of the molecule is CCC(OC(=O)c1ccc2ocnc2c1)C(=O)Nc1cc(C)ccn1. The molecular formula is C18H17N3O4. The Labute approximate surface area is 144 Å². The highest BCUT2D eigenvalue weighted by Gasteiger charge is 2.22. The van der Waals surface area contributed by atoms with Gasteiger partial charge in [0.2, 0.25) is 0 Å². The number of hydrogen-bond donors (Lipinski definition) is 1.